The molecule has 0 N–H and O–H groups in total. The van der Waals surface area contributed by atoms with Crippen LogP contribution in [0.4, 0.5) is 0 Å². The Morgan fingerprint density at radius 1 is 0.462 bits per heavy atom. The normalized spacial score (nSPS) is 18.5. The summed E-state index contributed by atoms with van der Waals surface area (Å²) in [6.45, 7) is 0. The fourth-order valence-electron chi connectivity index (χ4n) is 9.47. The van der Waals surface area contributed by atoms with E-state index >= 15 is 0 Å². The van der Waals surface area contributed by atoms with Crippen molar-refractivity contribution in [1.29, 1.82) is 0 Å². The van der Waals surface area contributed by atoms with Gasteiger partial charge in [-0.3, -0.25) is 0 Å². The predicted molar refractivity (Wildman–Crippen MR) is 214 cm³/mol. The number of thiophene rings is 1. The zero-order chi connectivity index (χ0) is 34.3. The fourth-order valence-corrected chi connectivity index (χ4v) is 10.5. The molecule has 0 spiro atoms. The lowest BCUT2D eigenvalue weighted by atomic mass is 9.54. The summed E-state index contributed by atoms with van der Waals surface area (Å²) in [6.07, 6.45) is 0.855. The van der Waals surface area contributed by atoms with Crippen molar-refractivity contribution in [2.75, 3.05) is 0 Å². The molecule has 9 aromatic rings. The first-order chi connectivity index (χ1) is 25.8. The predicted octanol–water partition coefficient (Wildman–Crippen LogP) is 11.8. The molecule has 7 aromatic carbocycles. The summed E-state index contributed by atoms with van der Waals surface area (Å²) in [5.74, 6) is 0.748. The molecule has 0 fully saturated rings. The van der Waals surface area contributed by atoms with Crippen LogP contribution < -0.4 is 0 Å². The highest BCUT2D eigenvalue weighted by molar-refractivity contribution is 7.25. The summed E-state index contributed by atoms with van der Waals surface area (Å²) in [4.78, 5) is 12.3. The zero-order valence-electron chi connectivity index (χ0n) is 28.3. The van der Waals surface area contributed by atoms with E-state index in [1.165, 1.54) is 54.6 Å². The van der Waals surface area contributed by atoms with E-state index in [1.807, 2.05) is 0 Å². The topological polar surface area (TPSA) is 25.8 Å². The van der Waals surface area contributed by atoms with Crippen molar-refractivity contribution in [3.63, 3.8) is 0 Å². The standard InChI is InChI=1S/C49H32N2S/c1-3-16-32(17-4-1)33-19-15-20-34(30-33)46-50-45(44-37-23-8-14-29-43(37)52-47(44)51-46)49-38-24-9-7-18-35(38)31-48(36-21-5-2-6-22-36,39-25-10-12-27-41(39)49)40-26-11-13-28-42(40)49/h1-30H,31H2. The van der Waals surface area contributed by atoms with Gasteiger partial charge in [0.2, 0.25) is 0 Å². The van der Waals surface area contributed by atoms with Crippen molar-refractivity contribution in [2.24, 2.45) is 0 Å². The second kappa shape index (κ2) is 11.2. The average molecular weight is 681 g/mol. The number of benzene rings is 7. The maximum Gasteiger partial charge on any atom is 0.161 e. The largest absolute Gasteiger partial charge is 0.231 e. The van der Waals surface area contributed by atoms with E-state index in [2.05, 4.69) is 182 Å². The Labute approximate surface area is 306 Å². The smallest absolute Gasteiger partial charge is 0.161 e. The quantitative estimate of drug-likeness (QED) is 0.185. The first-order valence-electron chi connectivity index (χ1n) is 18.0. The first-order valence-corrected chi connectivity index (χ1v) is 18.8. The van der Waals surface area contributed by atoms with Crippen LogP contribution >= 0.6 is 11.3 Å². The third-order valence-electron chi connectivity index (χ3n) is 11.5. The van der Waals surface area contributed by atoms with Gasteiger partial charge in [-0.2, -0.15) is 0 Å². The van der Waals surface area contributed by atoms with Gasteiger partial charge in [0.05, 0.1) is 11.1 Å². The molecule has 0 atom stereocenters. The van der Waals surface area contributed by atoms with Crippen molar-refractivity contribution in [1.82, 2.24) is 9.97 Å². The van der Waals surface area contributed by atoms with E-state index in [1.54, 1.807) is 11.3 Å². The molecule has 0 saturated carbocycles. The van der Waals surface area contributed by atoms with Gasteiger partial charge in [-0.15, -0.1) is 11.3 Å². The summed E-state index contributed by atoms with van der Waals surface area (Å²) in [5.41, 5.74) is 12.5. The third kappa shape index (κ3) is 3.94. The summed E-state index contributed by atoms with van der Waals surface area (Å²) >= 11 is 1.77. The molecule has 3 heteroatoms. The summed E-state index contributed by atoms with van der Waals surface area (Å²) in [5, 5.41) is 2.34. The molecule has 3 aliphatic rings. The van der Waals surface area contributed by atoms with E-state index in [9.17, 15) is 0 Å². The highest BCUT2D eigenvalue weighted by atomic mass is 32.1. The lowest BCUT2D eigenvalue weighted by Crippen LogP contribution is -2.43. The molecule has 0 saturated heterocycles. The molecule has 2 aromatic heterocycles. The molecule has 0 amide bonds. The number of hydrogen-bond donors (Lipinski definition) is 0. The Balaban J connectivity index is 1.32. The SMILES string of the molecule is c1ccc(-c2cccc(-c3nc(C45c6ccccc6CC(c6ccccc6)(c6ccccc64)c4ccccc45)c4c(n3)sc3ccccc34)c2)cc1. The van der Waals surface area contributed by atoms with E-state index in [-0.39, 0.29) is 5.41 Å². The number of nitrogens with zero attached hydrogens (tertiary/aromatic N) is 2. The second-order valence-corrected chi connectivity index (χ2v) is 15.1. The molecule has 0 aliphatic heterocycles. The molecule has 3 aliphatic carbocycles. The van der Waals surface area contributed by atoms with E-state index in [0.29, 0.717) is 0 Å². The maximum atomic E-state index is 5.85. The third-order valence-corrected chi connectivity index (χ3v) is 12.6. The Morgan fingerprint density at radius 3 is 1.79 bits per heavy atom. The summed E-state index contributed by atoms with van der Waals surface area (Å²) in [6, 6.07) is 66.8. The first kappa shape index (κ1) is 29.6. The molecular weight excluding hydrogens is 649 g/mol. The monoisotopic (exact) mass is 680 g/mol. The van der Waals surface area contributed by atoms with Gasteiger partial charge in [-0.05, 0) is 68.6 Å². The second-order valence-electron chi connectivity index (χ2n) is 14.1. The lowest BCUT2D eigenvalue weighted by molar-refractivity contribution is 0.573. The molecular formula is C49H32N2S. The molecule has 0 unspecified atom stereocenters. The number of aromatic nitrogens is 2. The van der Waals surface area contributed by atoms with Crippen molar-refractivity contribution in [3.8, 4) is 22.5 Å². The van der Waals surface area contributed by atoms with Crippen LogP contribution in [0.15, 0.2) is 182 Å². The summed E-state index contributed by atoms with van der Waals surface area (Å²) < 4.78 is 1.22. The zero-order valence-corrected chi connectivity index (χ0v) is 29.1. The van der Waals surface area contributed by atoms with Gasteiger partial charge in [0.1, 0.15) is 4.83 Å². The molecule has 12 rings (SSSR count). The van der Waals surface area contributed by atoms with E-state index in [4.69, 9.17) is 9.97 Å². The van der Waals surface area contributed by atoms with Crippen LogP contribution in [-0.4, -0.2) is 9.97 Å². The van der Waals surface area contributed by atoms with Gasteiger partial charge >= 0.3 is 0 Å². The van der Waals surface area contributed by atoms with Gasteiger partial charge in [0.25, 0.3) is 0 Å². The van der Waals surface area contributed by atoms with Gasteiger partial charge in [0.15, 0.2) is 5.82 Å². The van der Waals surface area contributed by atoms with Gasteiger partial charge in [-0.25, -0.2) is 9.97 Å². The van der Waals surface area contributed by atoms with Crippen LogP contribution in [0, 0.1) is 0 Å². The van der Waals surface area contributed by atoms with Crippen LogP contribution in [-0.2, 0) is 17.3 Å². The van der Waals surface area contributed by atoms with Crippen LogP contribution in [0.25, 0.3) is 42.8 Å². The Morgan fingerprint density at radius 2 is 1.04 bits per heavy atom. The van der Waals surface area contributed by atoms with Crippen molar-refractivity contribution in [3.05, 3.63) is 227 Å². The molecule has 2 heterocycles. The van der Waals surface area contributed by atoms with Crippen molar-refractivity contribution >= 4 is 31.6 Å². The molecule has 244 valence electrons. The summed E-state index contributed by atoms with van der Waals surface area (Å²) in [7, 11) is 0. The van der Waals surface area contributed by atoms with E-state index < -0.39 is 5.41 Å². The lowest BCUT2D eigenvalue weighted by Gasteiger charge is -2.47. The number of hydrogen-bond acceptors (Lipinski definition) is 3. The van der Waals surface area contributed by atoms with Gasteiger partial charge in [0, 0.05) is 26.5 Å². The Kier molecular flexibility index (Phi) is 6.35. The Bertz CT molecular complexity index is 2790. The molecule has 0 radical (unpaired) electrons. The van der Waals surface area contributed by atoms with Crippen molar-refractivity contribution in [2.45, 2.75) is 17.3 Å². The number of fused-ring (bicyclic) bond motifs is 3. The average Bonchev–Trinajstić information content (AvgIpc) is 3.49. The highest BCUT2D eigenvalue weighted by Gasteiger charge is 2.57. The maximum absolute atomic E-state index is 5.85. The minimum atomic E-state index is -0.699. The Hall–Kier alpha value is -6.16. The minimum absolute atomic E-state index is 0.375. The van der Waals surface area contributed by atoms with Crippen LogP contribution in [0.5, 0.6) is 0 Å². The van der Waals surface area contributed by atoms with Crippen LogP contribution in [0.3, 0.4) is 0 Å². The molecule has 2 bridgehead atoms. The van der Waals surface area contributed by atoms with Crippen LogP contribution in [0.1, 0.15) is 44.6 Å². The highest BCUT2D eigenvalue weighted by Crippen LogP contribution is 2.63. The fraction of sp³-hybridized carbons (Fsp3) is 0.0612. The van der Waals surface area contributed by atoms with E-state index in [0.717, 1.165) is 39.3 Å². The van der Waals surface area contributed by atoms with Crippen molar-refractivity contribution < 1.29 is 0 Å². The van der Waals surface area contributed by atoms with Gasteiger partial charge < -0.3 is 0 Å². The van der Waals surface area contributed by atoms with Gasteiger partial charge in [-0.1, -0.05) is 170 Å². The number of rotatable bonds is 4. The minimum Gasteiger partial charge on any atom is -0.231 e. The molecule has 52 heavy (non-hydrogen) atoms. The van der Waals surface area contributed by atoms with Crippen LogP contribution in [0.2, 0.25) is 0 Å². The molecule has 2 nitrogen and oxygen atoms in total.